The lowest BCUT2D eigenvalue weighted by atomic mass is 9.84. The highest BCUT2D eigenvalue weighted by atomic mass is 16.3. The fourth-order valence-electron chi connectivity index (χ4n) is 2.55. The Balaban J connectivity index is 2.57. The van der Waals surface area contributed by atoms with Gasteiger partial charge in [-0.25, -0.2) is 5.01 Å². The highest BCUT2D eigenvalue weighted by Gasteiger charge is 2.35. The molecular weight excluding hydrogens is 248 g/mol. The van der Waals surface area contributed by atoms with Gasteiger partial charge in [0.25, 0.3) is 0 Å². The van der Waals surface area contributed by atoms with Crippen molar-refractivity contribution in [2.75, 3.05) is 6.54 Å². The molecule has 0 aliphatic rings. The van der Waals surface area contributed by atoms with E-state index < -0.39 is 5.54 Å². The molecule has 104 valence electrons. The zero-order chi connectivity index (χ0) is 14.4. The number of benzene rings is 2. The number of hydrogen-bond acceptors (Lipinski definition) is 2. The molecule has 3 heteroatoms. The van der Waals surface area contributed by atoms with Crippen LogP contribution in [0.1, 0.15) is 31.4 Å². The molecule has 0 atom stereocenters. The van der Waals surface area contributed by atoms with Gasteiger partial charge in [-0.05, 0) is 24.5 Å². The predicted molar refractivity (Wildman–Crippen MR) is 82.1 cm³/mol. The van der Waals surface area contributed by atoms with E-state index in [1.165, 1.54) is 0 Å². The predicted octanol–water partition coefficient (Wildman–Crippen LogP) is 4.34. The van der Waals surface area contributed by atoms with Crippen LogP contribution in [0.5, 0.6) is 0 Å². The summed E-state index contributed by atoms with van der Waals surface area (Å²) in [4.78, 5) is 11.4. The van der Waals surface area contributed by atoms with E-state index in [2.05, 4.69) is 19.1 Å². The first-order valence-electron chi connectivity index (χ1n) is 6.95. The van der Waals surface area contributed by atoms with Crippen LogP contribution in [0.4, 0.5) is 0 Å². The van der Waals surface area contributed by atoms with Gasteiger partial charge in [-0.15, -0.1) is 4.91 Å². The highest BCUT2D eigenvalue weighted by molar-refractivity contribution is 5.37. The molecule has 2 aromatic carbocycles. The first-order valence-corrected chi connectivity index (χ1v) is 6.95. The van der Waals surface area contributed by atoms with Crippen molar-refractivity contribution in [1.82, 2.24) is 5.01 Å². The lowest BCUT2D eigenvalue weighted by Crippen LogP contribution is -2.41. The molecule has 0 spiro atoms. The average Bonchev–Trinajstić information content (AvgIpc) is 2.53. The fraction of sp³-hybridized carbons (Fsp3) is 0.294. The maximum absolute atomic E-state index is 11.4. The van der Waals surface area contributed by atoms with Gasteiger partial charge in [0, 0.05) is 6.54 Å². The van der Waals surface area contributed by atoms with Gasteiger partial charge in [0.1, 0.15) is 5.54 Å². The quantitative estimate of drug-likeness (QED) is 0.576. The lowest BCUT2D eigenvalue weighted by Gasteiger charge is -2.38. The molecule has 0 fully saturated rings. The second-order valence-corrected chi connectivity index (χ2v) is 5.01. The second-order valence-electron chi connectivity index (χ2n) is 5.01. The summed E-state index contributed by atoms with van der Waals surface area (Å²) in [6, 6.07) is 20.1. The first kappa shape index (κ1) is 14.3. The fourth-order valence-corrected chi connectivity index (χ4v) is 2.55. The summed E-state index contributed by atoms with van der Waals surface area (Å²) < 4.78 is 0. The van der Waals surface area contributed by atoms with Crippen LogP contribution < -0.4 is 0 Å². The van der Waals surface area contributed by atoms with Gasteiger partial charge in [0.15, 0.2) is 0 Å². The Morgan fingerprint density at radius 2 is 1.40 bits per heavy atom. The Morgan fingerprint density at radius 1 is 0.950 bits per heavy atom. The standard InChI is InChI=1S/C17H20N2O/c1-3-14-19(18-20)17(2,15-10-6-4-7-11-15)16-12-8-5-9-13-16/h4-13H,3,14H2,1-2H3. The molecule has 2 rings (SSSR count). The van der Waals surface area contributed by atoms with Crippen LogP contribution in [0.2, 0.25) is 0 Å². The summed E-state index contributed by atoms with van der Waals surface area (Å²) in [5.41, 5.74) is 1.60. The van der Waals surface area contributed by atoms with Crippen molar-refractivity contribution in [2.24, 2.45) is 5.29 Å². The van der Waals surface area contributed by atoms with Crippen molar-refractivity contribution >= 4 is 0 Å². The topological polar surface area (TPSA) is 32.7 Å². The lowest BCUT2D eigenvalue weighted by molar-refractivity contribution is 0.141. The average molecular weight is 268 g/mol. The van der Waals surface area contributed by atoms with E-state index in [0.29, 0.717) is 6.54 Å². The minimum Gasteiger partial charge on any atom is -0.246 e. The summed E-state index contributed by atoms with van der Waals surface area (Å²) >= 11 is 0. The Labute approximate surface area is 120 Å². The van der Waals surface area contributed by atoms with Crippen molar-refractivity contribution in [3.05, 3.63) is 76.7 Å². The molecule has 0 N–H and O–H groups in total. The minimum absolute atomic E-state index is 0.541. The molecule has 0 aliphatic carbocycles. The summed E-state index contributed by atoms with van der Waals surface area (Å²) in [7, 11) is 0. The smallest absolute Gasteiger partial charge is 0.108 e. The molecule has 0 saturated heterocycles. The van der Waals surface area contributed by atoms with E-state index >= 15 is 0 Å². The number of hydrogen-bond donors (Lipinski definition) is 0. The van der Waals surface area contributed by atoms with Crippen molar-refractivity contribution in [1.29, 1.82) is 0 Å². The van der Waals surface area contributed by atoms with Gasteiger partial charge in [0.2, 0.25) is 0 Å². The number of nitroso groups, excluding NO2 is 1. The molecule has 0 saturated carbocycles. The molecule has 20 heavy (non-hydrogen) atoms. The molecular formula is C17H20N2O. The monoisotopic (exact) mass is 268 g/mol. The third-order valence-corrected chi connectivity index (χ3v) is 3.72. The van der Waals surface area contributed by atoms with Gasteiger partial charge < -0.3 is 0 Å². The van der Waals surface area contributed by atoms with Crippen LogP contribution in [0.25, 0.3) is 0 Å². The highest BCUT2D eigenvalue weighted by Crippen LogP contribution is 2.35. The third-order valence-electron chi connectivity index (χ3n) is 3.72. The third kappa shape index (κ3) is 2.57. The molecule has 0 radical (unpaired) electrons. The molecule has 0 aliphatic heterocycles. The van der Waals surface area contributed by atoms with Gasteiger partial charge in [0.05, 0.1) is 5.29 Å². The molecule has 0 amide bonds. The molecule has 0 bridgehead atoms. The van der Waals surface area contributed by atoms with E-state index in [1.54, 1.807) is 5.01 Å². The van der Waals surface area contributed by atoms with Crippen LogP contribution >= 0.6 is 0 Å². The molecule has 0 aromatic heterocycles. The van der Waals surface area contributed by atoms with Crippen molar-refractivity contribution < 1.29 is 0 Å². The van der Waals surface area contributed by atoms with Crippen molar-refractivity contribution in [2.45, 2.75) is 25.8 Å². The Hall–Kier alpha value is -2.16. The van der Waals surface area contributed by atoms with Gasteiger partial charge in [-0.3, -0.25) is 0 Å². The van der Waals surface area contributed by atoms with Gasteiger partial charge in [-0.2, -0.15) is 0 Å². The SMILES string of the molecule is CCCN(N=O)C(C)(c1ccccc1)c1ccccc1. The van der Waals surface area contributed by atoms with E-state index in [-0.39, 0.29) is 0 Å². The maximum Gasteiger partial charge on any atom is 0.108 e. The molecule has 0 unspecified atom stereocenters. The van der Waals surface area contributed by atoms with Crippen LogP contribution in [0.3, 0.4) is 0 Å². The Kier molecular flexibility index (Phi) is 4.51. The maximum atomic E-state index is 11.4. The van der Waals surface area contributed by atoms with E-state index in [4.69, 9.17) is 0 Å². The second kappa shape index (κ2) is 6.33. The first-order chi connectivity index (χ1) is 9.73. The number of rotatable bonds is 6. The van der Waals surface area contributed by atoms with Crippen molar-refractivity contribution in [3.63, 3.8) is 0 Å². The molecule has 0 heterocycles. The van der Waals surface area contributed by atoms with Crippen molar-refractivity contribution in [3.8, 4) is 0 Å². The van der Waals surface area contributed by atoms with Gasteiger partial charge >= 0.3 is 0 Å². The normalized spacial score (nSPS) is 11.1. The Morgan fingerprint density at radius 3 is 1.75 bits per heavy atom. The zero-order valence-corrected chi connectivity index (χ0v) is 12.0. The van der Waals surface area contributed by atoms with Crippen LogP contribution in [-0.2, 0) is 5.54 Å². The van der Waals surface area contributed by atoms with Crippen LogP contribution in [-0.4, -0.2) is 11.6 Å². The summed E-state index contributed by atoms with van der Waals surface area (Å²) in [6.07, 6.45) is 0.876. The van der Waals surface area contributed by atoms with E-state index in [0.717, 1.165) is 17.5 Å². The van der Waals surface area contributed by atoms with Crippen LogP contribution in [0, 0.1) is 4.91 Å². The largest absolute Gasteiger partial charge is 0.246 e. The molecule has 2 aromatic rings. The Bertz CT molecular complexity index is 500. The number of nitrogens with zero attached hydrogens (tertiary/aromatic N) is 2. The summed E-state index contributed by atoms with van der Waals surface area (Å²) in [5, 5.41) is 4.92. The summed E-state index contributed by atoms with van der Waals surface area (Å²) in [6.45, 7) is 4.73. The minimum atomic E-state index is -0.541. The van der Waals surface area contributed by atoms with E-state index in [9.17, 15) is 4.91 Å². The zero-order valence-electron chi connectivity index (χ0n) is 12.0. The van der Waals surface area contributed by atoms with Crippen LogP contribution in [0.15, 0.2) is 65.9 Å². The molecule has 3 nitrogen and oxygen atoms in total. The summed E-state index contributed by atoms with van der Waals surface area (Å²) in [5.74, 6) is 0. The van der Waals surface area contributed by atoms with Gasteiger partial charge in [-0.1, -0.05) is 67.6 Å². The van der Waals surface area contributed by atoms with E-state index in [1.807, 2.05) is 60.7 Å².